The van der Waals surface area contributed by atoms with Gasteiger partial charge in [0.25, 0.3) is 5.91 Å². The first-order valence-corrected chi connectivity index (χ1v) is 6.32. The van der Waals surface area contributed by atoms with Crippen molar-refractivity contribution in [2.75, 3.05) is 33.0 Å². The van der Waals surface area contributed by atoms with Gasteiger partial charge in [0.05, 0.1) is 25.0 Å². The molecule has 0 aromatic carbocycles. The molecule has 18 heavy (non-hydrogen) atoms. The minimum Gasteiger partial charge on any atom is -0.472 e. The van der Waals surface area contributed by atoms with Gasteiger partial charge in [0.1, 0.15) is 6.26 Å². The first-order chi connectivity index (χ1) is 8.86. The van der Waals surface area contributed by atoms with Crippen LogP contribution in [-0.4, -0.2) is 38.9 Å². The molecule has 2 heterocycles. The molecule has 0 radical (unpaired) electrons. The second-order valence-corrected chi connectivity index (χ2v) is 4.43. The first-order valence-electron chi connectivity index (χ1n) is 6.32. The van der Waals surface area contributed by atoms with E-state index in [0.29, 0.717) is 24.6 Å². The predicted octanol–water partition coefficient (Wildman–Crippen LogP) is 1.45. The number of furan rings is 1. The van der Waals surface area contributed by atoms with Gasteiger partial charge in [-0.2, -0.15) is 0 Å². The Hall–Kier alpha value is -1.33. The Morgan fingerprint density at radius 2 is 2.50 bits per heavy atom. The van der Waals surface area contributed by atoms with E-state index in [1.54, 1.807) is 6.07 Å². The summed E-state index contributed by atoms with van der Waals surface area (Å²) >= 11 is 0. The summed E-state index contributed by atoms with van der Waals surface area (Å²) in [5, 5.41) is 2.81. The molecule has 0 bridgehead atoms. The Balaban J connectivity index is 1.47. The summed E-state index contributed by atoms with van der Waals surface area (Å²) in [6.45, 7) is 3.72. The standard InChI is InChI=1S/C13H19NO4/c15-13(12-3-7-18-10-12)14-4-1-5-16-8-11-2-6-17-9-11/h3,7,10-11H,1-2,4-6,8-9H2,(H,14,15)/t11-/m1/s1. The Kier molecular flexibility index (Phi) is 5.23. The maximum atomic E-state index is 11.5. The van der Waals surface area contributed by atoms with Gasteiger partial charge in [0.15, 0.2) is 0 Å². The molecule has 2 rings (SSSR count). The molecule has 0 spiro atoms. The first kappa shape index (κ1) is 13.1. The summed E-state index contributed by atoms with van der Waals surface area (Å²) in [5.41, 5.74) is 0.555. The van der Waals surface area contributed by atoms with Crippen LogP contribution in [0.5, 0.6) is 0 Å². The molecular formula is C13H19NO4. The number of hydrogen-bond acceptors (Lipinski definition) is 4. The molecule has 100 valence electrons. The summed E-state index contributed by atoms with van der Waals surface area (Å²) < 4.78 is 15.6. The molecule has 0 saturated carbocycles. The van der Waals surface area contributed by atoms with E-state index in [1.165, 1.54) is 12.5 Å². The zero-order valence-electron chi connectivity index (χ0n) is 10.4. The van der Waals surface area contributed by atoms with Crippen molar-refractivity contribution in [2.45, 2.75) is 12.8 Å². The number of nitrogens with one attached hydrogen (secondary N) is 1. The van der Waals surface area contributed by atoms with Gasteiger partial charge in [0.2, 0.25) is 0 Å². The van der Waals surface area contributed by atoms with E-state index < -0.39 is 0 Å². The number of rotatable bonds is 7. The van der Waals surface area contributed by atoms with Gasteiger partial charge < -0.3 is 19.2 Å². The van der Waals surface area contributed by atoms with E-state index >= 15 is 0 Å². The number of hydrogen-bond donors (Lipinski definition) is 1. The molecule has 1 aliphatic heterocycles. The van der Waals surface area contributed by atoms with E-state index in [9.17, 15) is 4.79 Å². The lowest BCUT2D eigenvalue weighted by molar-refractivity contribution is 0.0853. The molecule has 0 aliphatic carbocycles. The predicted molar refractivity (Wildman–Crippen MR) is 65.4 cm³/mol. The third-order valence-corrected chi connectivity index (χ3v) is 2.91. The van der Waals surface area contributed by atoms with Crippen molar-refractivity contribution < 1.29 is 18.7 Å². The van der Waals surface area contributed by atoms with Gasteiger partial charge in [-0.05, 0) is 18.9 Å². The number of ether oxygens (including phenoxy) is 2. The van der Waals surface area contributed by atoms with Crippen LogP contribution in [0.4, 0.5) is 0 Å². The summed E-state index contributed by atoms with van der Waals surface area (Å²) in [4.78, 5) is 11.5. The average Bonchev–Trinajstić information content (AvgIpc) is 3.05. The summed E-state index contributed by atoms with van der Waals surface area (Å²) in [6.07, 6.45) is 4.84. The van der Waals surface area contributed by atoms with Crippen LogP contribution in [0.2, 0.25) is 0 Å². The van der Waals surface area contributed by atoms with Gasteiger partial charge in [-0.25, -0.2) is 0 Å². The van der Waals surface area contributed by atoms with Crippen LogP contribution in [-0.2, 0) is 9.47 Å². The van der Waals surface area contributed by atoms with Crippen LogP contribution in [0, 0.1) is 5.92 Å². The highest BCUT2D eigenvalue weighted by atomic mass is 16.5. The van der Waals surface area contributed by atoms with Gasteiger partial charge in [-0.3, -0.25) is 4.79 Å². The van der Waals surface area contributed by atoms with Crippen molar-refractivity contribution >= 4 is 5.91 Å². The molecule has 1 aromatic rings. The lowest BCUT2D eigenvalue weighted by Gasteiger charge is -2.08. The molecule has 1 saturated heterocycles. The SMILES string of the molecule is O=C(NCCCOC[C@H]1CCOC1)c1ccoc1. The molecular weight excluding hydrogens is 234 g/mol. The highest BCUT2D eigenvalue weighted by Gasteiger charge is 2.15. The fraction of sp³-hybridized carbons (Fsp3) is 0.615. The minimum absolute atomic E-state index is 0.104. The quantitative estimate of drug-likeness (QED) is 0.747. The van der Waals surface area contributed by atoms with E-state index in [2.05, 4.69) is 5.32 Å². The monoisotopic (exact) mass is 253 g/mol. The van der Waals surface area contributed by atoms with Gasteiger partial charge in [-0.1, -0.05) is 0 Å². The number of carbonyl (C=O) groups excluding carboxylic acids is 1. The van der Waals surface area contributed by atoms with Crippen molar-refractivity contribution in [3.8, 4) is 0 Å². The smallest absolute Gasteiger partial charge is 0.254 e. The number of amides is 1. The molecule has 5 nitrogen and oxygen atoms in total. The van der Waals surface area contributed by atoms with Gasteiger partial charge in [0, 0.05) is 25.7 Å². The van der Waals surface area contributed by atoms with E-state index in [-0.39, 0.29) is 5.91 Å². The maximum absolute atomic E-state index is 11.5. The van der Waals surface area contributed by atoms with Crippen molar-refractivity contribution in [1.82, 2.24) is 5.32 Å². The molecule has 1 atom stereocenters. The Morgan fingerprint density at radius 1 is 1.56 bits per heavy atom. The highest BCUT2D eigenvalue weighted by molar-refractivity contribution is 5.93. The van der Waals surface area contributed by atoms with Gasteiger partial charge in [-0.15, -0.1) is 0 Å². The van der Waals surface area contributed by atoms with E-state index in [0.717, 1.165) is 32.7 Å². The van der Waals surface area contributed by atoms with Crippen LogP contribution in [0.3, 0.4) is 0 Å². The largest absolute Gasteiger partial charge is 0.472 e. The van der Waals surface area contributed by atoms with Crippen LogP contribution in [0.15, 0.2) is 23.0 Å². The topological polar surface area (TPSA) is 60.7 Å². The minimum atomic E-state index is -0.104. The molecule has 1 amide bonds. The Morgan fingerprint density at radius 3 is 3.22 bits per heavy atom. The number of carbonyl (C=O) groups is 1. The van der Waals surface area contributed by atoms with Crippen LogP contribution in [0.1, 0.15) is 23.2 Å². The molecule has 1 aliphatic rings. The molecule has 1 aromatic heterocycles. The zero-order valence-corrected chi connectivity index (χ0v) is 10.4. The third kappa shape index (κ3) is 4.16. The second-order valence-electron chi connectivity index (χ2n) is 4.43. The highest BCUT2D eigenvalue weighted by Crippen LogP contribution is 2.12. The van der Waals surface area contributed by atoms with Gasteiger partial charge >= 0.3 is 0 Å². The third-order valence-electron chi connectivity index (χ3n) is 2.91. The summed E-state index contributed by atoms with van der Waals surface area (Å²) in [7, 11) is 0. The van der Waals surface area contributed by atoms with Crippen molar-refractivity contribution in [2.24, 2.45) is 5.92 Å². The van der Waals surface area contributed by atoms with E-state index in [1.807, 2.05) is 0 Å². The fourth-order valence-corrected chi connectivity index (χ4v) is 1.84. The van der Waals surface area contributed by atoms with Crippen LogP contribution >= 0.6 is 0 Å². The van der Waals surface area contributed by atoms with E-state index in [4.69, 9.17) is 13.9 Å². The fourth-order valence-electron chi connectivity index (χ4n) is 1.84. The Bertz CT molecular complexity index is 344. The second kappa shape index (κ2) is 7.18. The molecule has 1 N–H and O–H groups in total. The average molecular weight is 253 g/mol. The lowest BCUT2D eigenvalue weighted by Crippen LogP contribution is -2.25. The normalized spacial score (nSPS) is 19.0. The van der Waals surface area contributed by atoms with Crippen LogP contribution < -0.4 is 5.32 Å². The molecule has 0 unspecified atom stereocenters. The summed E-state index contributed by atoms with van der Waals surface area (Å²) in [5.74, 6) is 0.443. The summed E-state index contributed by atoms with van der Waals surface area (Å²) in [6, 6.07) is 1.64. The molecule has 1 fully saturated rings. The van der Waals surface area contributed by atoms with Crippen molar-refractivity contribution in [3.63, 3.8) is 0 Å². The molecule has 5 heteroatoms. The zero-order chi connectivity index (χ0) is 12.6. The van der Waals surface area contributed by atoms with Crippen LogP contribution in [0.25, 0.3) is 0 Å². The Labute approximate surface area is 106 Å². The van der Waals surface area contributed by atoms with Crippen molar-refractivity contribution in [1.29, 1.82) is 0 Å². The van der Waals surface area contributed by atoms with Crippen molar-refractivity contribution in [3.05, 3.63) is 24.2 Å². The maximum Gasteiger partial charge on any atom is 0.254 e. The lowest BCUT2D eigenvalue weighted by atomic mass is 10.1.